The molecule has 0 amide bonds. The molecule has 0 bridgehead atoms. The molecular weight excluding hydrogens is 348 g/mol. The van der Waals surface area contributed by atoms with Crippen molar-refractivity contribution in [3.05, 3.63) is 58.9 Å². The van der Waals surface area contributed by atoms with Gasteiger partial charge in [-0.3, -0.25) is 9.97 Å². The molecule has 0 atom stereocenters. The van der Waals surface area contributed by atoms with Gasteiger partial charge in [-0.1, -0.05) is 0 Å². The Morgan fingerprint density at radius 3 is 2.59 bits per heavy atom. The van der Waals surface area contributed by atoms with E-state index in [-0.39, 0.29) is 11.5 Å². The fraction of sp³-hybridized carbons (Fsp3) is 0.286. The molecular formula is C21H17F2N3O. The van der Waals surface area contributed by atoms with E-state index in [4.69, 9.17) is 9.72 Å². The first-order valence-corrected chi connectivity index (χ1v) is 8.83. The number of benzene rings is 1. The van der Waals surface area contributed by atoms with Crippen molar-refractivity contribution in [2.24, 2.45) is 0 Å². The van der Waals surface area contributed by atoms with Gasteiger partial charge in [-0.2, -0.15) is 5.26 Å². The number of hydrogen-bond acceptors (Lipinski definition) is 4. The normalized spacial score (nSPS) is 15.0. The van der Waals surface area contributed by atoms with Gasteiger partial charge in [0.05, 0.1) is 16.9 Å². The Morgan fingerprint density at radius 2 is 1.89 bits per heavy atom. The van der Waals surface area contributed by atoms with E-state index >= 15 is 0 Å². The van der Waals surface area contributed by atoms with Crippen LogP contribution in [0.2, 0.25) is 0 Å². The van der Waals surface area contributed by atoms with Crippen molar-refractivity contribution in [3.63, 3.8) is 0 Å². The number of aromatic nitrogens is 2. The summed E-state index contributed by atoms with van der Waals surface area (Å²) in [6.07, 6.45) is 1.48. The molecule has 3 aromatic rings. The number of hydrogen-bond donors (Lipinski definition) is 0. The molecule has 0 aliphatic carbocycles. The molecule has 0 spiro atoms. The summed E-state index contributed by atoms with van der Waals surface area (Å²) in [7, 11) is 0. The van der Waals surface area contributed by atoms with Gasteiger partial charge in [0.2, 0.25) is 0 Å². The third-order valence-electron chi connectivity index (χ3n) is 4.92. The fourth-order valence-corrected chi connectivity index (χ4v) is 3.56. The molecule has 4 rings (SSSR count). The molecule has 0 radical (unpaired) electrons. The standard InChI is InChI=1S/C21H17F2N3O/c1-12-2-4-16-20(15-5-3-14(22)10-18(15)23)26-19(13-6-8-27-9-7-13)17(11-24)21(16)25-12/h2-5,10,13H,6-9H2,1H3. The molecule has 1 aromatic carbocycles. The average Bonchev–Trinajstić information content (AvgIpc) is 2.67. The number of pyridine rings is 2. The smallest absolute Gasteiger partial charge is 0.135 e. The minimum Gasteiger partial charge on any atom is -0.381 e. The maximum absolute atomic E-state index is 14.5. The lowest BCUT2D eigenvalue weighted by Crippen LogP contribution is -2.17. The lowest BCUT2D eigenvalue weighted by Gasteiger charge is -2.23. The van der Waals surface area contributed by atoms with E-state index in [1.54, 1.807) is 12.1 Å². The number of aryl methyl sites for hydroxylation is 1. The molecule has 1 saturated heterocycles. The van der Waals surface area contributed by atoms with E-state index in [1.807, 2.05) is 6.92 Å². The summed E-state index contributed by atoms with van der Waals surface area (Å²) in [4.78, 5) is 9.25. The van der Waals surface area contributed by atoms with Crippen molar-refractivity contribution in [2.45, 2.75) is 25.7 Å². The molecule has 4 nitrogen and oxygen atoms in total. The maximum atomic E-state index is 14.5. The van der Waals surface area contributed by atoms with Gasteiger partial charge in [-0.05, 0) is 44.0 Å². The predicted molar refractivity (Wildman–Crippen MR) is 97.1 cm³/mol. The van der Waals surface area contributed by atoms with Gasteiger partial charge in [-0.15, -0.1) is 0 Å². The third kappa shape index (κ3) is 3.15. The fourth-order valence-electron chi connectivity index (χ4n) is 3.56. The average molecular weight is 365 g/mol. The zero-order chi connectivity index (χ0) is 19.0. The van der Waals surface area contributed by atoms with Crippen molar-refractivity contribution in [1.29, 1.82) is 5.26 Å². The van der Waals surface area contributed by atoms with Crippen LogP contribution in [0.5, 0.6) is 0 Å². The summed E-state index contributed by atoms with van der Waals surface area (Å²) in [5, 5.41) is 10.4. The minimum atomic E-state index is -0.688. The van der Waals surface area contributed by atoms with Crippen LogP contribution in [-0.2, 0) is 4.74 Å². The Hall–Kier alpha value is -2.91. The number of nitrogens with zero attached hydrogens (tertiary/aromatic N) is 3. The van der Waals surface area contributed by atoms with Crippen LogP contribution in [0.25, 0.3) is 22.2 Å². The monoisotopic (exact) mass is 365 g/mol. The molecule has 2 aromatic heterocycles. The van der Waals surface area contributed by atoms with E-state index in [1.165, 1.54) is 12.1 Å². The van der Waals surface area contributed by atoms with Gasteiger partial charge in [0.25, 0.3) is 0 Å². The van der Waals surface area contributed by atoms with Crippen LogP contribution in [0.3, 0.4) is 0 Å². The van der Waals surface area contributed by atoms with Gasteiger partial charge in [0.1, 0.15) is 23.3 Å². The first kappa shape index (κ1) is 17.5. The Bertz CT molecular complexity index is 1070. The Morgan fingerprint density at radius 1 is 1.11 bits per heavy atom. The summed E-state index contributed by atoms with van der Waals surface area (Å²) in [5.74, 6) is -1.29. The quantitative estimate of drug-likeness (QED) is 0.663. The summed E-state index contributed by atoms with van der Waals surface area (Å²) < 4.78 is 33.3. The molecule has 1 aliphatic rings. The summed E-state index contributed by atoms with van der Waals surface area (Å²) in [5.41, 5.74) is 2.89. The number of nitriles is 1. The second-order valence-corrected chi connectivity index (χ2v) is 6.69. The predicted octanol–water partition coefficient (Wildman–Crippen LogP) is 4.65. The highest BCUT2D eigenvalue weighted by Gasteiger charge is 2.25. The zero-order valence-electron chi connectivity index (χ0n) is 14.8. The molecule has 0 saturated carbocycles. The van der Waals surface area contributed by atoms with Crippen molar-refractivity contribution >= 4 is 10.9 Å². The van der Waals surface area contributed by atoms with Crippen LogP contribution < -0.4 is 0 Å². The first-order valence-electron chi connectivity index (χ1n) is 8.83. The molecule has 1 aliphatic heterocycles. The lowest BCUT2D eigenvalue weighted by atomic mass is 9.90. The second-order valence-electron chi connectivity index (χ2n) is 6.69. The molecule has 3 heterocycles. The van der Waals surface area contributed by atoms with Crippen LogP contribution in [-0.4, -0.2) is 23.2 Å². The molecule has 1 fully saturated rings. The summed E-state index contributed by atoms with van der Waals surface area (Å²) in [6, 6.07) is 9.26. The Kier molecular flexibility index (Phi) is 4.54. The van der Waals surface area contributed by atoms with Gasteiger partial charge < -0.3 is 4.74 Å². The Labute approximate surface area is 155 Å². The number of ether oxygens (including phenoxy) is 1. The SMILES string of the molecule is Cc1ccc2c(-c3ccc(F)cc3F)nc(C3CCOCC3)c(C#N)c2n1. The molecule has 6 heteroatoms. The lowest BCUT2D eigenvalue weighted by molar-refractivity contribution is 0.0845. The summed E-state index contributed by atoms with van der Waals surface area (Å²) in [6.45, 7) is 3.03. The van der Waals surface area contributed by atoms with E-state index < -0.39 is 11.6 Å². The number of rotatable bonds is 2. The number of fused-ring (bicyclic) bond motifs is 1. The largest absolute Gasteiger partial charge is 0.381 e. The molecule has 136 valence electrons. The van der Waals surface area contributed by atoms with E-state index in [9.17, 15) is 14.0 Å². The minimum absolute atomic E-state index is 0.0439. The van der Waals surface area contributed by atoms with Crippen molar-refractivity contribution < 1.29 is 13.5 Å². The van der Waals surface area contributed by atoms with E-state index in [2.05, 4.69) is 11.1 Å². The molecule has 0 unspecified atom stereocenters. The first-order chi connectivity index (χ1) is 13.1. The highest BCUT2D eigenvalue weighted by atomic mass is 19.1. The topological polar surface area (TPSA) is 58.8 Å². The van der Waals surface area contributed by atoms with E-state index in [0.29, 0.717) is 41.1 Å². The second kappa shape index (κ2) is 7.01. The van der Waals surface area contributed by atoms with E-state index in [0.717, 1.165) is 24.6 Å². The number of halogens is 2. The van der Waals surface area contributed by atoms with Crippen LogP contribution in [0.15, 0.2) is 30.3 Å². The van der Waals surface area contributed by atoms with Crippen molar-refractivity contribution in [2.75, 3.05) is 13.2 Å². The molecule has 27 heavy (non-hydrogen) atoms. The van der Waals surface area contributed by atoms with Gasteiger partial charge in [-0.25, -0.2) is 8.78 Å². The van der Waals surface area contributed by atoms with Crippen LogP contribution in [0.1, 0.15) is 35.7 Å². The third-order valence-corrected chi connectivity index (χ3v) is 4.92. The van der Waals surface area contributed by atoms with Gasteiger partial charge in [0, 0.05) is 41.8 Å². The van der Waals surface area contributed by atoms with Crippen LogP contribution in [0, 0.1) is 29.9 Å². The van der Waals surface area contributed by atoms with Crippen molar-refractivity contribution in [3.8, 4) is 17.3 Å². The highest BCUT2D eigenvalue weighted by molar-refractivity contribution is 5.96. The van der Waals surface area contributed by atoms with Crippen molar-refractivity contribution in [1.82, 2.24) is 9.97 Å². The van der Waals surface area contributed by atoms with Crippen LogP contribution in [0.4, 0.5) is 8.78 Å². The summed E-state index contributed by atoms with van der Waals surface area (Å²) >= 11 is 0. The maximum Gasteiger partial charge on any atom is 0.135 e. The van der Waals surface area contributed by atoms with Gasteiger partial charge in [0.15, 0.2) is 0 Å². The van der Waals surface area contributed by atoms with Gasteiger partial charge >= 0.3 is 0 Å². The van der Waals surface area contributed by atoms with Crippen LogP contribution >= 0.6 is 0 Å². The highest BCUT2D eigenvalue weighted by Crippen LogP contribution is 2.36. The molecule has 0 N–H and O–H groups in total. The Balaban J connectivity index is 2.04. The zero-order valence-corrected chi connectivity index (χ0v) is 14.8.